The summed E-state index contributed by atoms with van der Waals surface area (Å²) in [5.74, 6) is 0.774. The molecule has 3 saturated heterocycles. The van der Waals surface area contributed by atoms with Crippen molar-refractivity contribution in [3.05, 3.63) is 47.4 Å². The lowest BCUT2D eigenvalue weighted by atomic mass is 9.77. The van der Waals surface area contributed by atoms with Crippen LogP contribution >= 0.6 is 0 Å². The zero-order valence-corrected chi connectivity index (χ0v) is 26.7. The van der Waals surface area contributed by atoms with Crippen LogP contribution in [0.15, 0.2) is 24.9 Å². The van der Waals surface area contributed by atoms with Crippen LogP contribution in [0.2, 0.25) is 0 Å². The predicted octanol–water partition coefficient (Wildman–Crippen LogP) is 3.22. The number of piperazine rings is 1. The third-order valence-corrected chi connectivity index (χ3v) is 11.1. The Morgan fingerprint density at radius 1 is 1.22 bits per heavy atom. The molecule has 0 bridgehead atoms. The quantitative estimate of drug-likeness (QED) is 0.360. The van der Waals surface area contributed by atoms with Crippen molar-refractivity contribution in [3.8, 4) is 0 Å². The molecule has 12 heteroatoms. The van der Waals surface area contributed by atoms with Gasteiger partial charge in [0.1, 0.15) is 23.2 Å². The molecule has 10 nitrogen and oxygen atoms in total. The lowest BCUT2D eigenvalue weighted by Crippen LogP contribution is -2.69. The molecule has 2 aromatic rings. The van der Waals surface area contributed by atoms with Gasteiger partial charge >= 0.3 is 0 Å². The number of fused-ring (bicyclic) bond motifs is 5. The van der Waals surface area contributed by atoms with Gasteiger partial charge in [0.2, 0.25) is 11.5 Å². The fourth-order valence-electron chi connectivity index (χ4n) is 8.74. The van der Waals surface area contributed by atoms with Crippen LogP contribution in [0, 0.1) is 12.8 Å². The molecule has 0 aliphatic carbocycles. The van der Waals surface area contributed by atoms with Gasteiger partial charge in [-0.15, -0.1) is 0 Å². The van der Waals surface area contributed by atoms with Crippen molar-refractivity contribution in [2.24, 2.45) is 5.92 Å². The number of rotatable bonds is 6. The third kappa shape index (κ3) is 5.04. The molecular weight excluding hydrogens is 580 g/mol. The van der Waals surface area contributed by atoms with Gasteiger partial charge in [0.25, 0.3) is 6.43 Å². The van der Waals surface area contributed by atoms with Gasteiger partial charge in [-0.05, 0) is 37.8 Å². The predicted molar refractivity (Wildman–Crippen MR) is 168 cm³/mol. The number of carbonyl (C=O) groups is 1. The molecule has 7 rings (SSSR count). The van der Waals surface area contributed by atoms with Crippen LogP contribution in [0.5, 0.6) is 0 Å². The molecule has 0 radical (unpaired) electrons. The average Bonchev–Trinajstić information content (AvgIpc) is 3.37. The van der Waals surface area contributed by atoms with Crippen molar-refractivity contribution in [1.29, 1.82) is 0 Å². The standard InChI is InChI=1S/C33H45F2N7O3/c1-5-29(43)39-13-11-38(12-14-39)27-18-41-25(27)8-6-7-24-26(41)15-28(37-30(24)32(34)35)40-10-9-33(22(3)17-40)31-21(2)16-36-42(31)23(19-44-4)20-45-33/h5,15-16,22-23,25,27,32H,1,6-14,17-20H2,2-4H3/p+1/t22?,23-,25?,27?,33?/m1/s1. The number of hydrogen-bond acceptors (Lipinski definition) is 7. The minimum Gasteiger partial charge on any atom is -0.423 e. The number of nitrogens with zero attached hydrogens (tertiary/aromatic N) is 7. The first-order valence-electron chi connectivity index (χ1n) is 16.5. The Bertz CT molecular complexity index is 1440. The summed E-state index contributed by atoms with van der Waals surface area (Å²) in [6, 6.07) is 2.81. The number of pyridine rings is 1. The van der Waals surface area contributed by atoms with Crippen LogP contribution < -0.4 is 9.80 Å². The first kappa shape index (κ1) is 30.6. The van der Waals surface area contributed by atoms with Crippen LogP contribution in [0.25, 0.3) is 0 Å². The number of halogens is 2. The zero-order chi connectivity index (χ0) is 31.5. The first-order valence-corrected chi connectivity index (χ1v) is 16.5. The molecule has 45 heavy (non-hydrogen) atoms. The lowest BCUT2D eigenvalue weighted by Gasteiger charge is -2.55. The Labute approximate surface area is 263 Å². The highest BCUT2D eigenvalue weighted by Gasteiger charge is 2.55. The summed E-state index contributed by atoms with van der Waals surface area (Å²) in [6.07, 6.45) is 3.91. The van der Waals surface area contributed by atoms with Gasteiger partial charge in [0, 0.05) is 88.7 Å². The highest BCUT2D eigenvalue weighted by Crippen LogP contribution is 2.47. The smallest absolute Gasteiger partial charge is 0.280 e. The monoisotopic (exact) mass is 626 g/mol. The molecule has 0 aromatic carbocycles. The van der Waals surface area contributed by atoms with Crippen molar-refractivity contribution in [2.75, 3.05) is 75.9 Å². The summed E-state index contributed by atoms with van der Waals surface area (Å²) in [4.78, 5) is 25.6. The van der Waals surface area contributed by atoms with E-state index in [2.05, 4.69) is 50.9 Å². The second-order valence-electron chi connectivity index (χ2n) is 13.5. The number of alkyl halides is 2. The highest BCUT2D eigenvalue weighted by molar-refractivity contribution is 5.87. The van der Waals surface area contributed by atoms with Crippen LogP contribution in [0.3, 0.4) is 0 Å². The van der Waals surface area contributed by atoms with Gasteiger partial charge in [-0.3, -0.25) is 9.69 Å². The van der Waals surface area contributed by atoms with E-state index in [9.17, 15) is 13.6 Å². The third-order valence-electron chi connectivity index (χ3n) is 11.1. The van der Waals surface area contributed by atoms with Gasteiger partial charge in [0.15, 0.2) is 6.61 Å². The molecular formula is C33H46F2N7O3+. The minimum absolute atomic E-state index is 0.0148. The number of anilines is 2. The maximum absolute atomic E-state index is 14.6. The molecule has 3 fully saturated rings. The number of amides is 1. The van der Waals surface area contributed by atoms with Gasteiger partial charge in [-0.25, -0.2) is 18.4 Å². The number of aliphatic hydroxyl groups is 2. The van der Waals surface area contributed by atoms with Gasteiger partial charge in [-0.2, -0.15) is 5.10 Å². The van der Waals surface area contributed by atoms with Crippen molar-refractivity contribution in [2.45, 2.75) is 69.7 Å². The van der Waals surface area contributed by atoms with Crippen LogP contribution in [0.1, 0.15) is 61.2 Å². The largest absolute Gasteiger partial charge is 0.423 e. The van der Waals surface area contributed by atoms with Crippen molar-refractivity contribution in [3.63, 3.8) is 0 Å². The van der Waals surface area contributed by atoms with E-state index in [0.717, 1.165) is 55.8 Å². The molecule has 5 atom stereocenters. The van der Waals surface area contributed by atoms with Gasteiger partial charge < -0.3 is 24.2 Å². The SMILES string of the molecule is C=CC(=O)N1CCN(C2CN3c4cc(N5CCC6([OH+]C[C@@H](COC)n7ncc(C)c76)C(C)C5)nc(C(F)F)c4CCCC23)CC1. The van der Waals surface area contributed by atoms with Crippen LogP contribution in [-0.4, -0.2) is 113 Å². The topological polar surface area (TPSA) is 82.8 Å². The van der Waals surface area contributed by atoms with Gasteiger partial charge in [0.05, 0.1) is 18.7 Å². The fraction of sp³-hybridized carbons (Fsp3) is 0.667. The molecule has 0 saturated carbocycles. The zero-order valence-electron chi connectivity index (χ0n) is 26.7. The Morgan fingerprint density at radius 3 is 2.73 bits per heavy atom. The van der Waals surface area contributed by atoms with E-state index in [1.54, 1.807) is 7.11 Å². The highest BCUT2D eigenvalue weighted by atomic mass is 19.3. The maximum atomic E-state index is 14.6. The van der Waals surface area contributed by atoms with Crippen molar-refractivity contribution < 1.29 is 23.0 Å². The van der Waals surface area contributed by atoms with E-state index in [1.807, 2.05) is 11.1 Å². The Hall–Kier alpha value is -3.09. The second kappa shape index (κ2) is 11.9. The Balaban J connectivity index is 1.12. The number of carbonyl (C=O) groups excluding carboxylic acids is 1. The number of piperidine rings is 1. The summed E-state index contributed by atoms with van der Waals surface area (Å²) in [7, 11) is 1.71. The Morgan fingerprint density at radius 2 is 2.02 bits per heavy atom. The summed E-state index contributed by atoms with van der Waals surface area (Å²) in [5, 5.41) is 4.72. The molecule has 2 aromatic heterocycles. The number of aryl methyl sites for hydroxylation is 1. The molecule has 7 heterocycles. The number of ether oxygens (including phenoxy) is 2. The summed E-state index contributed by atoms with van der Waals surface area (Å²) >= 11 is 0. The minimum atomic E-state index is -2.63. The maximum Gasteiger partial charge on any atom is 0.280 e. The van der Waals surface area contributed by atoms with E-state index < -0.39 is 6.43 Å². The first-order chi connectivity index (χ1) is 21.8. The average molecular weight is 627 g/mol. The summed E-state index contributed by atoms with van der Waals surface area (Å²) in [5.41, 5.74) is 3.51. The molecule has 244 valence electrons. The van der Waals surface area contributed by atoms with E-state index in [4.69, 9.17) is 14.6 Å². The lowest BCUT2D eigenvalue weighted by molar-refractivity contribution is -0.255. The van der Waals surface area contributed by atoms with Crippen molar-refractivity contribution >= 4 is 17.4 Å². The van der Waals surface area contributed by atoms with Crippen LogP contribution in [-0.2, 0) is 21.6 Å². The Kier molecular flexibility index (Phi) is 8.10. The second-order valence-corrected chi connectivity index (χ2v) is 13.5. The number of hydrogen-bond donors (Lipinski definition) is 0. The van der Waals surface area contributed by atoms with Crippen LogP contribution in [0.4, 0.5) is 20.3 Å². The van der Waals surface area contributed by atoms with E-state index in [1.165, 1.54) is 6.08 Å². The molecule has 1 N–H and O–H groups in total. The normalized spacial score (nSPS) is 30.0. The summed E-state index contributed by atoms with van der Waals surface area (Å²) in [6.45, 7) is 14.4. The van der Waals surface area contributed by atoms with Gasteiger partial charge in [-0.1, -0.05) is 13.5 Å². The molecule has 4 unspecified atom stereocenters. The van der Waals surface area contributed by atoms with Crippen molar-refractivity contribution in [1.82, 2.24) is 24.6 Å². The van der Waals surface area contributed by atoms with E-state index in [-0.39, 0.29) is 35.2 Å². The number of aromatic nitrogens is 3. The molecule has 5 aliphatic heterocycles. The van der Waals surface area contributed by atoms with E-state index in [0.29, 0.717) is 63.2 Å². The van der Waals surface area contributed by atoms with E-state index >= 15 is 0 Å². The molecule has 1 spiro atoms. The summed E-state index contributed by atoms with van der Waals surface area (Å²) < 4.78 is 42.1. The fourth-order valence-corrected chi connectivity index (χ4v) is 8.74. The molecule has 5 aliphatic rings. The number of methoxy groups -OCH3 is 1. The molecule has 1 amide bonds.